The summed E-state index contributed by atoms with van der Waals surface area (Å²) in [5.74, 6) is 1.59. The van der Waals surface area contributed by atoms with Gasteiger partial charge in [-0.1, -0.05) is 65.3 Å². The van der Waals surface area contributed by atoms with Gasteiger partial charge in [-0.15, -0.1) is 0 Å². The molecule has 32 heavy (non-hydrogen) atoms. The van der Waals surface area contributed by atoms with Gasteiger partial charge in [0.05, 0.1) is 17.1 Å². The van der Waals surface area contributed by atoms with Crippen LogP contribution in [0, 0.1) is 0 Å². The zero-order chi connectivity index (χ0) is 21.9. The lowest BCUT2D eigenvalue weighted by Crippen LogP contribution is -2.39. The van der Waals surface area contributed by atoms with Crippen LogP contribution in [-0.4, -0.2) is 34.0 Å². The average molecular weight is 448 g/mol. The number of halogens is 1. The Morgan fingerprint density at radius 3 is 2.78 bits per heavy atom. The number of aromatic nitrogens is 2. The molecule has 6 nitrogen and oxygen atoms in total. The summed E-state index contributed by atoms with van der Waals surface area (Å²) in [7, 11) is 0. The van der Waals surface area contributed by atoms with E-state index >= 15 is 0 Å². The van der Waals surface area contributed by atoms with Gasteiger partial charge >= 0.3 is 0 Å². The molecule has 2 aromatic heterocycles. The molecule has 1 amide bonds. The second-order valence-electron chi connectivity index (χ2n) is 7.97. The number of benzene rings is 2. The Kier molecular flexibility index (Phi) is 5.77. The Balaban J connectivity index is 1.27. The highest BCUT2D eigenvalue weighted by Crippen LogP contribution is 2.30. The van der Waals surface area contributed by atoms with Crippen LogP contribution in [0.25, 0.3) is 11.3 Å². The summed E-state index contributed by atoms with van der Waals surface area (Å²) < 4.78 is 11.4. The van der Waals surface area contributed by atoms with Crippen molar-refractivity contribution in [1.29, 1.82) is 0 Å². The summed E-state index contributed by atoms with van der Waals surface area (Å²) in [6, 6.07) is 19.1. The van der Waals surface area contributed by atoms with Gasteiger partial charge in [0.25, 0.3) is 5.91 Å². The largest absolute Gasteiger partial charge is 0.445 e. The van der Waals surface area contributed by atoms with Gasteiger partial charge in [-0.05, 0) is 24.5 Å². The predicted octanol–water partition coefficient (Wildman–Crippen LogP) is 5.59. The van der Waals surface area contributed by atoms with E-state index in [0.717, 1.165) is 24.2 Å². The first-order valence-electron chi connectivity index (χ1n) is 10.7. The molecule has 1 atom stereocenters. The van der Waals surface area contributed by atoms with Crippen molar-refractivity contribution in [3.05, 3.63) is 94.9 Å². The van der Waals surface area contributed by atoms with Crippen molar-refractivity contribution in [2.24, 2.45) is 0 Å². The number of nitrogens with zero attached hydrogens (tertiary/aromatic N) is 3. The predicted molar refractivity (Wildman–Crippen MR) is 121 cm³/mol. The van der Waals surface area contributed by atoms with Crippen molar-refractivity contribution < 1.29 is 13.7 Å². The molecule has 0 aliphatic carbocycles. The summed E-state index contributed by atoms with van der Waals surface area (Å²) in [6.45, 7) is 1.20. The SMILES string of the molecule is O=C(c1cc(-c2ccccc2Cl)no1)N1CCC[C@@H](c2ncc(Cc3ccccc3)o2)C1. The molecule has 1 saturated heterocycles. The van der Waals surface area contributed by atoms with Crippen molar-refractivity contribution in [3.63, 3.8) is 0 Å². The molecule has 1 fully saturated rings. The van der Waals surface area contributed by atoms with Gasteiger partial charge in [-0.25, -0.2) is 4.98 Å². The fourth-order valence-corrected chi connectivity index (χ4v) is 4.31. The Hall–Kier alpha value is -3.38. The molecule has 162 valence electrons. The number of likely N-dealkylation sites (tertiary alicyclic amines) is 1. The lowest BCUT2D eigenvalue weighted by Gasteiger charge is -2.30. The Bertz CT molecular complexity index is 1220. The molecule has 1 aliphatic heterocycles. The van der Waals surface area contributed by atoms with Crippen LogP contribution in [0.4, 0.5) is 0 Å². The van der Waals surface area contributed by atoms with Gasteiger partial charge in [0.1, 0.15) is 11.5 Å². The third kappa shape index (κ3) is 4.32. The normalized spacial score (nSPS) is 16.3. The monoisotopic (exact) mass is 447 g/mol. The molecular weight excluding hydrogens is 426 g/mol. The molecule has 7 heteroatoms. The summed E-state index contributed by atoms with van der Waals surface area (Å²) >= 11 is 6.24. The van der Waals surface area contributed by atoms with Crippen molar-refractivity contribution in [1.82, 2.24) is 15.0 Å². The lowest BCUT2D eigenvalue weighted by molar-refractivity contribution is 0.0656. The Morgan fingerprint density at radius 2 is 1.94 bits per heavy atom. The fraction of sp³-hybridized carbons (Fsp3) is 0.240. The first-order chi connectivity index (χ1) is 15.7. The number of amides is 1. The molecule has 1 aliphatic rings. The molecule has 0 bridgehead atoms. The maximum atomic E-state index is 13.1. The molecule has 0 N–H and O–H groups in total. The smallest absolute Gasteiger partial charge is 0.292 e. The molecule has 0 saturated carbocycles. The third-order valence-electron chi connectivity index (χ3n) is 5.72. The van der Waals surface area contributed by atoms with E-state index in [4.69, 9.17) is 20.5 Å². The highest BCUT2D eigenvalue weighted by molar-refractivity contribution is 6.33. The van der Waals surface area contributed by atoms with Crippen LogP contribution in [0.2, 0.25) is 5.02 Å². The van der Waals surface area contributed by atoms with Crippen molar-refractivity contribution in [2.75, 3.05) is 13.1 Å². The van der Waals surface area contributed by atoms with E-state index in [1.54, 1.807) is 23.2 Å². The van der Waals surface area contributed by atoms with E-state index < -0.39 is 0 Å². The topological polar surface area (TPSA) is 72.4 Å². The minimum atomic E-state index is -0.184. The van der Waals surface area contributed by atoms with E-state index in [2.05, 4.69) is 22.3 Å². The first kappa shape index (κ1) is 20.5. The van der Waals surface area contributed by atoms with E-state index in [1.165, 1.54) is 5.56 Å². The number of piperidine rings is 1. The Morgan fingerprint density at radius 1 is 1.12 bits per heavy atom. The lowest BCUT2D eigenvalue weighted by atomic mass is 9.98. The van der Waals surface area contributed by atoms with Crippen LogP contribution in [0.5, 0.6) is 0 Å². The molecule has 4 aromatic rings. The fourth-order valence-electron chi connectivity index (χ4n) is 4.08. The number of rotatable bonds is 5. The highest BCUT2D eigenvalue weighted by Gasteiger charge is 2.30. The van der Waals surface area contributed by atoms with Crippen LogP contribution >= 0.6 is 11.6 Å². The van der Waals surface area contributed by atoms with E-state index in [0.29, 0.717) is 36.1 Å². The second-order valence-corrected chi connectivity index (χ2v) is 8.38. The number of carbonyl (C=O) groups excluding carboxylic acids is 1. The van der Waals surface area contributed by atoms with Gasteiger partial charge in [-0.3, -0.25) is 4.79 Å². The standard InChI is InChI=1S/C25H22ClN3O3/c26-21-11-5-4-10-20(21)22-14-23(32-28-22)25(30)29-12-6-9-18(16-29)24-27-15-19(31-24)13-17-7-2-1-3-8-17/h1-5,7-8,10-11,14-15,18H,6,9,12-13,16H2/t18-/m1/s1. The van der Waals surface area contributed by atoms with Gasteiger partial charge in [0, 0.05) is 31.1 Å². The van der Waals surface area contributed by atoms with Crippen LogP contribution in [0.15, 0.2) is 75.8 Å². The third-order valence-corrected chi connectivity index (χ3v) is 6.05. The zero-order valence-corrected chi connectivity index (χ0v) is 18.2. The molecule has 0 radical (unpaired) electrons. The van der Waals surface area contributed by atoms with Crippen molar-refractivity contribution >= 4 is 17.5 Å². The molecule has 0 unspecified atom stereocenters. The second kappa shape index (κ2) is 9.01. The maximum Gasteiger partial charge on any atom is 0.292 e. The first-order valence-corrected chi connectivity index (χ1v) is 11.0. The quantitative estimate of drug-likeness (QED) is 0.398. The molecular formula is C25H22ClN3O3. The minimum absolute atomic E-state index is 0.0585. The van der Waals surface area contributed by atoms with Gasteiger partial charge < -0.3 is 13.8 Å². The number of hydrogen-bond donors (Lipinski definition) is 0. The van der Waals surface area contributed by atoms with Crippen molar-refractivity contribution in [3.8, 4) is 11.3 Å². The zero-order valence-electron chi connectivity index (χ0n) is 17.4. The summed E-state index contributed by atoms with van der Waals surface area (Å²) in [5, 5.41) is 4.61. The molecule has 3 heterocycles. The van der Waals surface area contributed by atoms with Gasteiger partial charge in [0.15, 0.2) is 5.89 Å². The maximum absolute atomic E-state index is 13.1. The number of hydrogen-bond acceptors (Lipinski definition) is 5. The highest BCUT2D eigenvalue weighted by atomic mass is 35.5. The number of carbonyl (C=O) groups is 1. The molecule has 5 rings (SSSR count). The number of oxazole rings is 1. The van der Waals surface area contributed by atoms with Crippen LogP contribution in [-0.2, 0) is 6.42 Å². The summed E-state index contributed by atoms with van der Waals surface area (Å²) in [6.07, 6.45) is 4.29. The van der Waals surface area contributed by atoms with Crippen LogP contribution in [0.3, 0.4) is 0 Å². The summed E-state index contributed by atoms with van der Waals surface area (Å²) in [5.41, 5.74) is 2.46. The summed E-state index contributed by atoms with van der Waals surface area (Å²) in [4.78, 5) is 19.3. The average Bonchev–Trinajstić information content (AvgIpc) is 3.50. The van der Waals surface area contributed by atoms with Gasteiger partial charge in [0.2, 0.25) is 5.76 Å². The van der Waals surface area contributed by atoms with Crippen LogP contribution in [0.1, 0.15) is 46.5 Å². The van der Waals surface area contributed by atoms with Crippen LogP contribution < -0.4 is 0 Å². The van der Waals surface area contributed by atoms with Gasteiger partial charge in [-0.2, -0.15) is 0 Å². The van der Waals surface area contributed by atoms with E-state index in [-0.39, 0.29) is 17.6 Å². The Labute approximate surface area is 190 Å². The van der Waals surface area contributed by atoms with Crippen molar-refractivity contribution in [2.45, 2.75) is 25.2 Å². The molecule has 2 aromatic carbocycles. The minimum Gasteiger partial charge on any atom is -0.445 e. The van der Waals surface area contributed by atoms with E-state index in [1.807, 2.05) is 36.4 Å². The molecule has 0 spiro atoms. The van der Waals surface area contributed by atoms with E-state index in [9.17, 15) is 4.79 Å².